The Bertz CT molecular complexity index is 533. The van der Waals surface area contributed by atoms with Gasteiger partial charge in [-0.15, -0.1) is 11.8 Å². The normalized spacial score (nSPS) is 32.9. The summed E-state index contributed by atoms with van der Waals surface area (Å²) >= 11 is 1.44. The Morgan fingerprint density at radius 3 is 2.48 bits per heavy atom. The molecule has 3 rings (SSSR count). The molecule has 23 heavy (non-hydrogen) atoms. The Hall–Kier alpha value is -1.44. The fourth-order valence-corrected chi connectivity index (χ4v) is 5.39. The molecule has 7 nitrogen and oxygen atoms in total. The van der Waals surface area contributed by atoms with Gasteiger partial charge in [0.05, 0.1) is 0 Å². The van der Waals surface area contributed by atoms with E-state index in [1.54, 1.807) is 0 Å². The van der Waals surface area contributed by atoms with Crippen molar-refractivity contribution in [2.24, 2.45) is 0 Å². The van der Waals surface area contributed by atoms with Gasteiger partial charge in [0.2, 0.25) is 5.91 Å². The summed E-state index contributed by atoms with van der Waals surface area (Å²) in [5.74, 6) is -1.30. The maximum absolute atomic E-state index is 12.3. The number of rotatable bonds is 3. The summed E-state index contributed by atoms with van der Waals surface area (Å²) in [6.07, 6.45) is 5.40. The lowest BCUT2D eigenvalue weighted by Gasteiger charge is -2.43. The lowest BCUT2D eigenvalue weighted by atomic mass is 9.95. The first-order valence-corrected chi connectivity index (χ1v) is 8.99. The number of β-lactam (4-membered cyclic amide) rings is 1. The number of nitrogens with one attached hydrogen (secondary N) is 2. The molecule has 2 aliphatic heterocycles. The van der Waals surface area contributed by atoms with Crippen LogP contribution in [0.5, 0.6) is 0 Å². The van der Waals surface area contributed by atoms with E-state index in [1.165, 1.54) is 23.1 Å². The van der Waals surface area contributed by atoms with E-state index >= 15 is 0 Å². The van der Waals surface area contributed by atoms with E-state index < -0.39 is 22.8 Å². The van der Waals surface area contributed by atoms with Gasteiger partial charge in [-0.2, -0.15) is 0 Å². The molecule has 1 saturated carbocycles. The number of urea groups is 1. The topological polar surface area (TPSA) is 98.7 Å². The number of carboxylic acid groups (broad SMARTS) is 1. The monoisotopic (exact) mass is 341 g/mol. The number of carbonyl (C=O) groups is 3. The molecule has 3 fully saturated rings. The molecule has 0 unspecified atom stereocenters. The minimum absolute atomic E-state index is 0.175. The summed E-state index contributed by atoms with van der Waals surface area (Å²) in [6, 6.07) is -1.63. The third-order valence-electron chi connectivity index (χ3n) is 4.90. The lowest BCUT2D eigenvalue weighted by molar-refractivity contribution is -0.159. The molecule has 0 aromatic heterocycles. The largest absolute Gasteiger partial charge is 0.480 e. The van der Waals surface area contributed by atoms with Crippen molar-refractivity contribution < 1.29 is 19.5 Å². The van der Waals surface area contributed by atoms with Crippen LogP contribution >= 0.6 is 11.8 Å². The van der Waals surface area contributed by atoms with Crippen LogP contribution in [0.15, 0.2) is 0 Å². The fraction of sp³-hybridized carbons (Fsp3) is 0.800. The Morgan fingerprint density at radius 2 is 1.87 bits per heavy atom. The lowest BCUT2D eigenvalue weighted by Crippen LogP contribution is -2.71. The van der Waals surface area contributed by atoms with Gasteiger partial charge in [0.25, 0.3) is 0 Å². The van der Waals surface area contributed by atoms with Crippen LogP contribution < -0.4 is 10.6 Å². The van der Waals surface area contributed by atoms with Crippen molar-refractivity contribution in [1.82, 2.24) is 15.5 Å². The first-order valence-electron chi connectivity index (χ1n) is 8.11. The van der Waals surface area contributed by atoms with Crippen LogP contribution in [0.4, 0.5) is 4.79 Å². The molecule has 3 N–H and O–H groups in total. The Labute approximate surface area is 139 Å². The van der Waals surface area contributed by atoms with Crippen LogP contribution in [-0.4, -0.2) is 56.2 Å². The van der Waals surface area contributed by atoms with Crippen molar-refractivity contribution in [2.75, 3.05) is 0 Å². The Balaban J connectivity index is 1.59. The third-order valence-corrected chi connectivity index (χ3v) is 6.47. The highest BCUT2D eigenvalue weighted by molar-refractivity contribution is 8.01. The molecule has 3 amide bonds. The number of nitrogens with zero attached hydrogens (tertiary/aromatic N) is 1. The minimum Gasteiger partial charge on any atom is -0.480 e. The van der Waals surface area contributed by atoms with Crippen LogP contribution in [0, 0.1) is 0 Å². The van der Waals surface area contributed by atoms with E-state index in [-0.39, 0.29) is 23.4 Å². The number of carboxylic acids is 1. The highest BCUT2D eigenvalue weighted by Crippen LogP contribution is 2.50. The highest BCUT2D eigenvalue weighted by atomic mass is 32.2. The molecule has 2 saturated heterocycles. The quantitative estimate of drug-likeness (QED) is 0.669. The highest BCUT2D eigenvalue weighted by Gasteiger charge is 2.64. The second-order valence-corrected chi connectivity index (χ2v) is 8.80. The van der Waals surface area contributed by atoms with E-state index in [1.807, 2.05) is 13.8 Å². The maximum atomic E-state index is 12.3. The van der Waals surface area contributed by atoms with E-state index in [9.17, 15) is 19.5 Å². The van der Waals surface area contributed by atoms with Gasteiger partial charge < -0.3 is 20.6 Å². The van der Waals surface area contributed by atoms with Crippen molar-refractivity contribution >= 4 is 29.7 Å². The molecule has 0 bridgehead atoms. The molecule has 0 aromatic rings. The summed E-state index contributed by atoms with van der Waals surface area (Å²) in [4.78, 5) is 37.2. The summed E-state index contributed by atoms with van der Waals surface area (Å²) in [7, 11) is 0. The first-order chi connectivity index (χ1) is 10.8. The summed E-state index contributed by atoms with van der Waals surface area (Å²) in [5, 5.41) is 14.7. The van der Waals surface area contributed by atoms with Crippen molar-refractivity contribution in [3.8, 4) is 0 Å². The number of fused-ring (bicyclic) bond motifs is 1. The zero-order valence-electron chi connectivity index (χ0n) is 13.4. The predicted molar refractivity (Wildman–Crippen MR) is 86.1 cm³/mol. The van der Waals surface area contributed by atoms with Gasteiger partial charge in [-0.05, 0) is 26.7 Å². The van der Waals surface area contributed by atoms with Gasteiger partial charge in [0.1, 0.15) is 17.5 Å². The Kier molecular flexibility index (Phi) is 4.20. The fourth-order valence-electron chi connectivity index (χ4n) is 3.76. The molecule has 8 heteroatoms. The Morgan fingerprint density at radius 1 is 1.22 bits per heavy atom. The van der Waals surface area contributed by atoms with Crippen LogP contribution in [-0.2, 0) is 9.59 Å². The van der Waals surface area contributed by atoms with E-state index in [0.29, 0.717) is 0 Å². The molecule has 128 valence electrons. The summed E-state index contributed by atoms with van der Waals surface area (Å²) in [5.41, 5.74) is 0. The average Bonchev–Trinajstić information content (AvgIpc) is 2.74. The summed E-state index contributed by atoms with van der Waals surface area (Å²) in [6.45, 7) is 3.64. The molecular formula is C15H23N3O4S. The van der Waals surface area contributed by atoms with Crippen molar-refractivity contribution in [2.45, 2.75) is 74.2 Å². The van der Waals surface area contributed by atoms with Gasteiger partial charge in [0.15, 0.2) is 0 Å². The smallest absolute Gasteiger partial charge is 0.327 e. The molecule has 3 atom stereocenters. The maximum Gasteiger partial charge on any atom is 0.327 e. The van der Waals surface area contributed by atoms with E-state index in [2.05, 4.69) is 10.6 Å². The number of hydrogen-bond acceptors (Lipinski definition) is 4. The predicted octanol–water partition coefficient (Wildman–Crippen LogP) is 1.13. The zero-order valence-corrected chi connectivity index (χ0v) is 14.2. The van der Waals surface area contributed by atoms with Crippen LogP contribution in [0.25, 0.3) is 0 Å². The standard InChI is InChI=1S/C15H23N3O4S/c1-15(2)10(13(20)21)18-11(19)9(12(18)23-15)17-14(22)16-8-6-4-3-5-7-8/h8-10,12H,3-7H2,1-2H3,(H,20,21)(H2,16,17,22)/t9-,10-,12+/m0/s1. The molecule has 0 radical (unpaired) electrons. The minimum atomic E-state index is -0.997. The molecule has 3 aliphatic rings. The molecule has 2 heterocycles. The number of amides is 3. The van der Waals surface area contributed by atoms with Gasteiger partial charge in [-0.25, -0.2) is 9.59 Å². The van der Waals surface area contributed by atoms with Gasteiger partial charge >= 0.3 is 12.0 Å². The van der Waals surface area contributed by atoms with Gasteiger partial charge in [-0.1, -0.05) is 19.3 Å². The van der Waals surface area contributed by atoms with Crippen LogP contribution in [0.1, 0.15) is 46.0 Å². The number of aliphatic carboxylic acids is 1. The van der Waals surface area contributed by atoms with Crippen molar-refractivity contribution in [3.05, 3.63) is 0 Å². The second-order valence-electron chi connectivity index (χ2n) is 7.03. The number of hydrogen-bond donors (Lipinski definition) is 3. The number of carbonyl (C=O) groups excluding carboxylic acids is 2. The number of thioether (sulfide) groups is 1. The molecule has 0 aromatic carbocycles. The SMILES string of the molecule is CC1(C)S[C@@H]2[C@@H](NC(=O)NC3CCCCC3)C(=O)N2[C@H]1C(=O)O. The van der Waals surface area contributed by atoms with Gasteiger partial charge in [-0.3, -0.25) is 4.79 Å². The van der Waals surface area contributed by atoms with E-state index in [0.717, 1.165) is 25.7 Å². The van der Waals surface area contributed by atoms with E-state index in [4.69, 9.17) is 0 Å². The third kappa shape index (κ3) is 2.88. The molecule has 0 spiro atoms. The first kappa shape index (κ1) is 16.4. The second kappa shape index (κ2) is 5.89. The van der Waals surface area contributed by atoms with Gasteiger partial charge in [0, 0.05) is 10.8 Å². The van der Waals surface area contributed by atoms with Crippen LogP contribution in [0.2, 0.25) is 0 Å². The summed E-state index contributed by atoms with van der Waals surface area (Å²) < 4.78 is -0.567. The van der Waals surface area contributed by atoms with Crippen molar-refractivity contribution in [3.63, 3.8) is 0 Å². The zero-order chi connectivity index (χ0) is 16.8. The average molecular weight is 341 g/mol. The molecular weight excluding hydrogens is 318 g/mol. The van der Waals surface area contributed by atoms with Crippen LogP contribution in [0.3, 0.4) is 0 Å². The molecule has 1 aliphatic carbocycles. The van der Waals surface area contributed by atoms with Crippen molar-refractivity contribution in [1.29, 1.82) is 0 Å².